The molecule has 4 heteroatoms. The van der Waals surface area contributed by atoms with Crippen molar-refractivity contribution in [2.45, 2.75) is 12.8 Å². The summed E-state index contributed by atoms with van der Waals surface area (Å²) in [4.78, 5) is 17.1. The van der Waals surface area contributed by atoms with E-state index in [1.54, 1.807) is 0 Å². The molecule has 2 rings (SSSR count). The van der Waals surface area contributed by atoms with E-state index in [1.165, 1.54) is 25.2 Å². The summed E-state index contributed by atoms with van der Waals surface area (Å²) >= 11 is 0. The average Bonchev–Trinajstić information content (AvgIpc) is 2.84. The SMILES string of the molecule is O=c1cc(OCC2CC2)nc[nH]1. The second-order valence-electron chi connectivity index (χ2n) is 3.00. The minimum absolute atomic E-state index is 0.171. The molecule has 0 aromatic carbocycles. The molecule has 0 aliphatic heterocycles. The molecule has 64 valence electrons. The fourth-order valence-corrected chi connectivity index (χ4v) is 0.917. The van der Waals surface area contributed by atoms with Crippen LogP contribution in [0.4, 0.5) is 0 Å². The van der Waals surface area contributed by atoms with Crippen LogP contribution in [-0.2, 0) is 0 Å². The van der Waals surface area contributed by atoms with Gasteiger partial charge in [0.25, 0.3) is 5.56 Å². The number of nitrogens with one attached hydrogen (secondary N) is 1. The first-order valence-corrected chi connectivity index (χ1v) is 4.02. The van der Waals surface area contributed by atoms with Crippen molar-refractivity contribution in [2.75, 3.05) is 6.61 Å². The van der Waals surface area contributed by atoms with Crippen LogP contribution in [0, 0.1) is 5.92 Å². The second-order valence-corrected chi connectivity index (χ2v) is 3.00. The van der Waals surface area contributed by atoms with Crippen LogP contribution in [0.25, 0.3) is 0 Å². The van der Waals surface area contributed by atoms with Gasteiger partial charge in [0.2, 0.25) is 5.88 Å². The summed E-state index contributed by atoms with van der Waals surface area (Å²) < 4.78 is 5.28. The van der Waals surface area contributed by atoms with Crippen molar-refractivity contribution in [3.05, 3.63) is 22.7 Å². The molecule has 1 saturated carbocycles. The molecule has 0 radical (unpaired) electrons. The van der Waals surface area contributed by atoms with Crippen molar-refractivity contribution in [3.8, 4) is 5.88 Å². The quantitative estimate of drug-likeness (QED) is 0.713. The van der Waals surface area contributed by atoms with Crippen LogP contribution in [0.1, 0.15) is 12.8 Å². The molecule has 1 aromatic heterocycles. The van der Waals surface area contributed by atoms with Crippen LogP contribution >= 0.6 is 0 Å². The first-order valence-electron chi connectivity index (χ1n) is 4.02. The molecule has 0 unspecified atom stereocenters. The maximum absolute atomic E-state index is 10.8. The summed E-state index contributed by atoms with van der Waals surface area (Å²) in [6, 6.07) is 1.36. The Bertz CT molecular complexity index is 317. The van der Waals surface area contributed by atoms with Crippen molar-refractivity contribution in [1.29, 1.82) is 0 Å². The summed E-state index contributed by atoms with van der Waals surface area (Å²) in [6.45, 7) is 0.691. The maximum atomic E-state index is 10.8. The van der Waals surface area contributed by atoms with Gasteiger partial charge in [0.15, 0.2) is 0 Å². The Labute approximate surface area is 69.6 Å². The molecular formula is C8H10N2O2. The third-order valence-corrected chi connectivity index (χ3v) is 1.82. The predicted octanol–water partition coefficient (Wildman–Crippen LogP) is 0.559. The van der Waals surface area contributed by atoms with E-state index in [-0.39, 0.29) is 5.56 Å². The first-order chi connectivity index (χ1) is 5.84. The summed E-state index contributed by atoms with van der Waals surface area (Å²) in [5.74, 6) is 1.11. The van der Waals surface area contributed by atoms with E-state index in [9.17, 15) is 4.79 Å². The minimum atomic E-state index is -0.171. The van der Waals surface area contributed by atoms with Crippen LogP contribution in [0.3, 0.4) is 0 Å². The smallest absolute Gasteiger partial charge is 0.254 e. The molecule has 0 bridgehead atoms. The van der Waals surface area contributed by atoms with Gasteiger partial charge in [-0.25, -0.2) is 4.98 Å². The van der Waals surface area contributed by atoms with Gasteiger partial charge in [-0.15, -0.1) is 0 Å². The Morgan fingerprint density at radius 2 is 2.50 bits per heavy atom. The number of hydrogen-bond donors (Lipinski definition) is 1. The highest BCUT2D eigenvalue weighted by molar-refractivity contribution is 5.04. The molecule has 1 aliphatic carbocycles. The molecule has 0 amide bonds. The van der Waals surface area contributed by atoms with Gasteiger partial charge < -0.3 is 9.72 Å². The lowest BCUT2D eigenvalue weighted by atomic mass is 10.5. The Balaban J connectivity index is 1.97. The zero-order valence-corrected chi connectivity index (χ0v) is 6.62. The number of aromatic nitrogens is 2. The van der Waals surface area contributed by atoms with E-state index in [0.29, 0.717) is 18.4 Å². The van der Waals surface area contributed by atoms with Crippen LogP contribution in [0.5, 0.6) is 5.88 Å². The van der Waals surface area contributed by atoms with E-state index in [0.717, 1.165) is 0 Å². The lowest BCUT2D eigenvalue weighted by Crippen LogP contribution is -2.07. The molecule has 1 N–H and O–H groups in total. The van der Waals surface area contributed by atoms with Crippen molar-refractivity contribution >= 4 is 0 Å². The fraction of sp³-hybridized carbons (Fsp3) is 0.500. The van der Waals surface area contributed by atoms with Crippen LogP contribution < -0.4 is 10.3 Å². The highest BCUT2D eigenvalue weighted by Gasteiger charge is 2.21. The fourth-order valence-electron chi connectivity index (χ4n) is 0.917. The van der Waals surface area contributed by atoms with Crippen molar-refractivity contribution < 1.29 is 4.74 Å². The Kier molecular flexibility index (Phi) is 1.81. The van der Waals surface area contributed by atoms with Gasteiger partial charge in [-0.1, -0.05) is 0 Å². The monoisotopic (exact) mass is 166 g/mol. The molecule has 1 aliphatic rings. The number of hydrogen-bond acceptors (Lipinski definition) is 3. The summed E-state index contributed by atoms with van der Waals surface area (Å²) in [6.07, 6.45) is 3.83. The highest BCUT2D eigenvalue weighted by Crippen LogP contribution is 2.28. The summed E-state index contributed by atoms with van der Waals surface area (Å²) in [7, 11) is 0. The van der Waals surface area contributed by atoms with Crippen LogP contribution in [0.15, 0.2) is 17.2 Å². The van der Waals surface area contributed by atoms with Crippen LogP contribution in [0.2, 0.25) is 0 Å². The molecule has 1 aromatic rings. The van der Waals surface area contributed by atoms with E-state index in [4.69, 9.17) is 4.74 Å². The summed E-state index contributed by atoms with van der Waals surface area (Å²) in [5.41, 5.74) is -0.171. The molecule has 1 fully saturated rings. The molecule has 12 heavy (non-hydrogen) atoms. The number of ether oxygens (including phenoxy) is 1. The predicted molar refractivity (Wildman–Crippen MR) is 43.1 cm³/mol. The lowest BCUT2D eigenvalue weighted by Gasteiger charge is -2.01. The molecule has 1 heterocycles. The van der Waals surface area contributed by atoms with Gasteiger partial charge in [0.1, 0.15) is 0 Å². The third kappa shape index (κ3) is 1.84. The molecule has 0 saturated heterocycles. The van der Waals surface area contributed by atoms with E-state index in [1.807, 2.05) is 0 Å². The van der Waals surface area contributed by atoms with Crippen molar-refractivity contribution in [2.24, 2.45) is 5.92 Å². The van der Waals surface area contributed by atoms with Gasteiger partial charge in [-0.05, 0) is 18.8 Å². The molecule has 4 nitrogen and oxygen atoms in total. The number of rotatable bonds is 3. The number of H-pyrrole nitrogens is 1. The van der Waals surface area contributed by atoms with Gasteiger partial charge in [-0.2, -0.15) is 0 Å². The average molecular weight is 166 g/mol. The normalized spacial score (nSPS) is 16.0. The van der Waals surface area contributed by atoms with Gasteiger partial charge in [0, 0.05) is 0 Å². The topological polar surface area (TPSA) is 55.0 Å². The second kappa shape index (κ2) is 2.97. The zero-order chi connectivity index (χ0) is 8.39. The van der Waals surface area contributed by atoms with Crippen molar-refractivity contribution in [3.63, 3.8) is 0 Å². The number of aromatic amines is 1. The summed E-state index contributed by atoms with van der Waals surface area (Å²) in [5, 5.41) is 0. The Hall–Kier alpha value is -1.32. The minimum Gasteiger partial charge on any atom is -0.477 e. The van der Waals surface area contributed by atoms with E-state index >= 15 is 0 Å². The van der Waals surface area contributed by atoms with Gasteiger partial charge in [-0.3, -0.25) is 4.79 Å². The van der Waals surface area contributed by atoms with E-state index in [2.05, 4.69) is 9.97 Å². The van der Waals surface area contributed by atoms with E-state index < -0.39 is 0 Å². The third-order valence-electron chi connectivity index (χ3n) is 1.82. The first kappa shape index (κ1) is 7.34. The molecule has 0 atom stereocenters. The zero-order valence-electron chi connectivity index (χ0n) is 6.62. The van der Waals surface area contributed by atoms with Gasteiger partial charge >= 0.3 is 0 Å². The molecular weight excluding hydrogens is 156 g/mol. The molecule has 0 spiro atoms. The highest BCUT2D eigenvalue weighted by atomic mass is 16.5. The maximum Gasteiger partial charge on any atom is 0.254 e. The van der Waals surface area contributed by atoms with Gasteiger partial charge in [0.05, 0.1) is 19.0 Å². The van der Waals surface area contributed by atoms with Crippen LogP contribution in [-0.4, -0.2) is 16.6 Å². The Morgan fingerprint density at radius 1 is 1.67 bits per heavy atom. The largest absolute Gasteiger partial charge is 0.477 e. The lowest BCUT2D eigenvalue weighted by molar-refractivity contribution is 0.287. The standard InChI is InChI=1S/C8H10N2O2/c11-7-3-8(10-5-9-7)12-4-6-1-2-6/h3,5-6H,1-2,4H2,(H,9,10,11). The van der Waals surface area contributed by atoms with Crippen molar-refractivity contribution in [1.82, 2.24) is 9.97 Å². The Morgan fingerprint density at radius 3 is 3.17 bits per heavy atom. The number of nitrogens with zero attached hydrogens (tertiary/aromatic N) is 1.